The molecule has 0 fully saturated rings. The van der Waals surface area contributed by atoms with Gasteiger partial charge in [-0.3, -0.25) is 0 Å². The van der Waals surface area contributed by atoms with Crippen LogP contribution >= 0.6 is 0 Å². The third kappa shape index (κ3) is 4.38. The van der Waals surface area contributed by atoms with Gasteiger partial charge in [-0.15, -0.1) is 6.58 Å². The van der Waals surface area contributed by atoms with Gasteiger partial charge in [0.05, 0.1) is 0 Å². The molecule has 0 aromatic carbocycles. The molecule has 12 heavy (non-hydrogen) atoms. The molecule has 0 heteroatoms. The molecule has 0 rings (SSSR count). The van der Waals surface area contributed by atoms with Gasteiger partial charge in [0, 0.05) is 0 Å². The molecule has 0 saturated heterocycles. The van der Waals surface area contributed by atoms with Gasteiger partial charge in [-0.1, -0.05) is 44.9 Å². The van der Waals surface area contributed by atoms with E-state index in [1.165, 1.54) is 18.4 Å². The minimum atomic E-state index is 0.581. The Kier molecular flexibility index (Phi) is 5.79. The first kappa shape index (κ1) is 11.5. The van der Waals surface area contributed by atoms with E-state index in [9.17, 15) is 0 Å². The van der Waals surface area contributed by atoms with Gasteiger partial charge >= 0.3 is 0 Å². The Morgan fingerprint density at radius 3 is 2.33 bits per heavy atom. The highest BCUT2D eigenvalue weighted by Crippen LogP contribution is 2.16. The first-order chi connectivity index (χ1) is 5.61. The van der Waals surface area contributed by atoms with E-state index < -0.39 is 0 Å². The summed E-state index contributed by atoms with van der Waals surface area (Å²) in [7, 11) is 0. The lowest BCUT2D eigenvalue weighted by atomic mass is 9.96. The zero-order valence-corrected chi connectivity index (χ0v) is 8.93. The predicted octanol–water partition coefficient (Wildman–Crippen LogP) is 4.19. The minimum Gasteiger partial charge on any atom is -0.102 e. The molecule has 0 amide bonds. The van der Waals surface area contributed by atoms with Crippen LogP contribution in [0.2, 0.25) is 0 Å². The van der Waals surface area contributed by atoms with Crippen LogP contribution in [0.5, 0.6) is 0 Å². The van der Waals surface area contributed by atoms with Crippen LogP contribution < -0.4 is 0 Å². The van der Waals surface area contributed by atoms with Crippen molar-refractivity contribution in [2.45, 2.75) is 40.5 Å². The summed E-state index contributed by atoms with van der Waals surface area (Å²) in [5.41, 5.74) is 1.48. The van der Waals surface area contributed by atoms with E-state index in [0.717, 1.165) is 0 Å². The molecular formula is C12H22. The Balaban J connectivity index is 4.14. The summed E-state index contributed by atoms with van der Waals surface area (Å²) >= 11 is 0. The lowest BCUT2D eigenvalue weighted by Crippen LogP contribution is -1.96. The maximum absolute atomic E-state index is 3.85. The van der Waals surface area contributed by atoms with Crippen molar-refractivity contribution in [2.75, 3.05) is 0 Å². The topological polar surface area (TPSA) is 0 Å². The molecule has 0 aliphatic rings. The summed E-state index contributed by atoms with van der Waals surface area (Å²) in [5.74, 6) is 1.25. The number of hydrogen-bond acceptors (Lipinski definition) is 0. The van der Waals surface area contributed by atoms with Gasteiger partial charge in [-0.2, -0.15) is 0 Å². The molecule has 1 atom stereocenters. The Morgan fingerprint density at radius 2 is 2.00 bits per heavy atom. The maximum atomic E-state index is 3.85. The summed E-state index contributed by atoms with van der Waals surface area (Å²) < 4.78 is 0. The average Bonchev–Trinajstić information content (AvgIpc) is 2.03. The van der Waals surface area contributed by atoms with Crippen LogP contribution in [0.4, 0.5) is 0 Å². The highest BCUT2D eigenvalue weighted by Gasteiger charge is 2.01. The Bertz CT molecular complexity index is 151. The number of rotatable bonds is 5. The Hall–Kier alpha value is -0.520. The molecule has 70 valence electrons. The zero-order valence-electron chi connectivity index (χ0n) is 8.93. The molecular weight excluding hydrogens is 144 g/mol. The normalized spacial score (nSPS) is 14.9. The fourth-order valence-electron chi connectivity index (χ4n) is 1.13. The highest BCUT2D eigenvalue weighted by atomic mass is 14.1. The van der Waals surface area contributed by atoms with Crippen LogP contribution in [-0.4, -0.2) is 0 Å². The zero-order chi connectivity index (χ0) is 9.56. The lowest BCUT2D eigenvalue weighted by Gasteiger charge is -2.10. The van der Waals surface area contributed by atoms with Gasteiger partial charge in [0.1, 0.15) is 0 Å². The monoisotopic (exact) mass is 166 g/mol. The predicted molar refractivity (Wildman–Crippen MR) is 57.2 cm³/mol. The van der Waals surface area contributed by atoms with E-state index in [2.05, 4.69) is 46.4 Å². The summed E-state index contributed by atoms with van der Waals surface area (Å²) in [6.07, 6.45) is 6.86. The van der Waals surface area contributed by atoms with Crippen molar-refractivity contribution < 1.29 is 0 Å². The van der Waals surface area contributed by atoms with Crippen LogP contribution in [0, 0.1) is 11.8 Å². The van der Waals surface area contributed by atoms with Gasteiger partial charge in [0.2, 0.25) is 0 Å². The summed E-state index contributed by atoms with van der Waals surface area (Å²) in [6, 6.07) is 0. The molecule has 1 unspecified atom stereocenters. The molecule has 0 radical (unpaired) electrons. The van der Waals surface area contributed by atoms with E-state index in [0.29, 0.717) is 11.8 Å². The van der Waals surface area contributed by atoms with Crippen LogP contribution in [0.15, 0.2) is 24.3 Å². The van der Waals surface area contributed by atoms with Crippen molar-refractivity contribution in [2.24, 2.45) is 11.8 Å². The molecule has 0 aliphatic carbocycles. The minimum absolute atomic E-state index is 0.581. The molecule has 0 saturated carbocycles. The van der Waals surface area contributed by atoms with E-state index in [4.69, 9.17) is 0 Å². The van der Waals surface area contributed by atoms with E-state index in [-0.39, 0.29) is 0 Å². The van der Waals surface area contributed by atoms with Crippen molar-refractivity contribution in [1.82, 2.24) is 0 Å². The SMILES string of the molecule is C=CC(C=C(C)C(C)C)CCC. The second kappa shape index (κ2) is 6.05. The molecule has 0 aromatic heterocycles. The third-order valence-corrected chi connectivity index (χ3v) is 2.31. The number of hydrogen-bond donors (Lipinski definition) is 0. The van der Waals surface area contributed by atoms with Crippen molar-refractivity contribution in [3.8, 4) is 0 Å². The van der Waals surface area contributed by atoms with Gasteiger partial charge in [-0.25, -0.2) is 0 Å². The number of allylic oxidation sites excluding steroid dienone is 3. The van der Waals surface area contributed by atoms with Gasteiger partial charge < -0.3 is 0 Å². The molecule has 0 nitrogen and oxygen atoms in total. The quantitative estimate of drug-likeness (QED) is 0.537. The first-order valence-electron chi connectivity index (χ1n) is 4.92. The fraction of sp³-hybridized carbons (Fsp3) is 0.667. The summed E-state index contributed by atoms with van der Waals surface area (Å²) in [4.78, 5) is 0. The van der Waals surface area contributed by atoms with Gasteiger partial charge in [0.15, 0.2) is 0 Å². The molecule has 0 heterocycles. The smallest absolute Gasteiger partial charge is 0.00536 e. The molecule has 0 aliphatic heterocycles. The molecule has 0 bridgehead atoms. The van der Waals surface area contributed by atoms with E-state index in [1.54, 1.807) is 0 Å². The second-order valence-corrected chi connectivity index (χ2v) is 3.75. The first-order valence-corrected chi connectivity index (χ1v) is 4.92. The third-order valence-electron chi connectivity index (χ3n) is 2.31. The van der Waals surface area contributed by atoms with Crippen LogP contribution in [-0.2, 0) is 0 Å². The summed E-state index contributed by atoms with van der Waals surface area (Å²) in [6.45, 7) is 12.7. The highest BCUT2D eigenvalue weighted by molar-refractivity contribution is 5.07. The van der Waals surface area contributed by atoms with Crippen LogP contribution in [0.25, 0.3) is 0 Å². The van der Waals surface area contributed by atoms with E-state index in [1.807, 2.05) is 0 Å². The van der Waals surface area contributed by atoms with Crippen LogP contribution in [0.1, 0.15) is 40.5 Å². The van der Waals surface area contributed by atoms with Crippen LogP contribution in [0.3, 0.4) is 0 Å². The van der Waals surface area contributed by atoms with Gasteiger partial charge in [-0.05, 0) is 25.2 Å². The van der Waals surface area contributed by atoms with Crippen molar-refractivity contribution in [3.05, 3.63) is 24.3 Å². The molecule has 0 N–H and O–H groups in total. The van der Waals surface area contributed by atoms with Crippen molar-refractivity contribution in [1.29, 1.82) is 0 Å². The molecule has 0 spiro atoms. The molecule has 0 aromatic rings. The second-order valence-electron chi connectivity index (χ2n) is 3.75. The Labute approximate surface area is 77.4 Å². The van der Waals surface area contributed by atoms with Gasteiger partial charge in [0.25, 0.3) is 0 Å². The summed E-state index contributed by atoms with van der Waals surface area (Å²) in [5, 5.41) is 0. The Morgan fingerprint density at radius 1 is 1.42 bits per heavy atom. The fourth-order valence-corrected chi connectivity index (χ4v) is 1.13. The van der Waals surface area contributed by atoms with Crippen molar-refractivity contribution >= 4 is 0 Å². The van der Waals surface area contributed by atoms with E-state index >= 15 is 0 Å². The standard InChI is InChI=1S/C12H22/c1-6-8-12(7-2)9-11(5)10(3)4/h7,9-10,12H,2,6,8H2,1,3-5H3. The lowest BCUT2D eigenvalue weighted by molar-refractivity contribution is 0.669. The largest absolute Gasteiger partial charge is 0.102 e. The maximum Gasteiger partial charge on any atom is -0.00536 e. The average molecular weight is 166 g/mol. The van der Waals surface area contributed by atoms with Crippen molar-refractivity contribution in [3.63, 3.8) is 0 Å².